The number of likely N-dealkylation sites (N-methyl/N-ethyl adjacent to an activating group) is 1. The number of likely N-dealkylation sites (tertiary alicyclic amines) is 1. The fourth-order valence-electron chi connectivity index (χ4n) is 2.69. The van der Waals surface area contributed by atoms with E-state index in [2.05, 4.69) is 23.7 Å². The van der Waals surface area contributed by atoms with Crippen molar-refractivity contribution in [3.8, 4) is 0 Å². The maximum absolute atomic E-state index is 12.3. The molecule has 1 aliphatic rings. The zero-order valence-electron chi connectivity index (χ0n) is 11.7. The van der Waals surface area contributed by atoms with E-state index in [1.807, 2.05) is 4.90 Å². The quantitative estimate of drug-likeness (QED) is 0.886. The van der Waals surface area contributed by atoms with E-state index >= 15 is 0 Å². The molecule has 5 nitrogen and oxygen atoms in total. The third kappa shape index (κ3) is 3.04. The van der Waals surface area contributed by atoms with Gasteiger partial charge in [0.2, 0.25) is 0 Å². The second-order valence-corrected chi connectivity index (χ2v) is 4.89. The van der Waals surface area contributed by atoms with Gasteiger partial charge in [0.1, 0.15) is 5.69 Å². The number of nitrogen functional groups attached to an aromatic ring is 1. The number of carbonyl (C=O) groups is 1. The molecule has 104 valence electrons. The van der Waals surface area contributed by atoms with Crippen molar-refractivity contribution >= 4 is 11.6 Å². The van der Waals surface area contributed by atoms with E-state index in [0.29, 0.717) is 17.4 Å². The van der Waals surface area contributed by atoms with E-state index in [9.17, 15) is 4.79 Å². The lowest BCUT2D eigenvalue weighted by atomic mass is 10.2. The van der Waals surface area contributed by atoms with Gasteiger partial charge in [-0.2, -0.15) is 0 Å². The van der Waals surface area contributed by atoms with Gasteiger partial charge in [-0.15, -0.1) is 0 Å². The maximum atomic E-state index is 12.3. The van der Waals surface area contributed by atoms with Crippen molar-refractivity contribution in [1.29, 1.82) is 0 Å². The Balaban J connectivity index is 2.02. The number of hydrogen-bond acceptors (Lipinski definition) is 4. The molecule has 0 aromatic carbocycles. The molecule has 19 heavy (non-hydrogen) atoms. The van der Waals surface area contributed by atoms with Gasteiger partial charge in [0.05, 0.1) is 0 Å². The van der Waals surface area contributed by atoms with Crippen molar-refractivity contribution in [2.75, 3.05) is 31.9 Å². The topological polar surface area (TPSA) is 62.5 Å². The van der Waals surface area contributed by atoms with Crippen molar-refractivity contribution in [2.45, 2.75) is 26.3 Å². The summed E-state index contributed by atoms with van der Waals surface area (Å²) in [5, 5.41) is 0. The molecule has 1 aliphatic heterocycles. The highest BCUT2D eigenvalue weighted by Gasteiger charge is 2.30. The molecule has 0 bridgehead atoms. The summed E-state index contributed by atoms with van der Waals surface area (Å²) >= 11 is 0. The molecular weight excluding hydrogens is 240 g/mol. The van der Waals surface area contributed by atoms with Crippen LogP contribution in [0.3, 0.4) is 0 Å². The minimum atomic E-state index is -0.0121. The highest BCUT2D eigenvalue weighted by Crippen LogP contribution is 2.18. The van der Waals surface area contributed by atoms with Crippen molar-refractivity contribution in [3.63, 3.8) is 0 Å². The van der Waals surface area contributed by atoms with Gasteiger partial charge in [-0.3, -0.25) is 14.7 Å². The Labute approximate surface area is 114 Å². The van der Waals surface area contributed by atoms with E-state index in [1.54, 1.807) is 18.3 Å². The van der Waals surface area contributed by atoms with Gasteiger partial charge < -0.3 is 10.6 Å². The number of hydrogen-bond donors (Lipinski definition) is 1. The molecule has 1 saturated heterocycles. The number of anilines is 1. The summed E-state index contributed by atoms with van der Waals surface area (Å²) in [6, 6.07) is 3.81. The molecule has 2 N–H and O–H groups in total. The Kier molecular flexibility index (Phi) is 4.37. The lowest BCUT2D eigenvalue weighted by Gasteiger charge is -2.26. The van der Waals surface area contributed by atoms with Crippen LogP contribution < -0.4 is 5.73 Å². The first-order valence-corrected chi connectivity index (χ1v) is 6.90. The first-order chi connectivity index (χ1) is 9.15. The van der Waals surface area contributed by atoms with Crippen molar-refractivity contribution in [2.24, 2.45) is 0 Å². The number of rotatable bonds is 4. The maximum Gasteiger partial charge on any atom is 0.272 e. The van der Waals surface area contributed by atoms with Gasteiger partial charge in [0.15, 0.2) is 0 Å². The zero-order chi connectivity index (χ0) is 13.8. The molecule has 2 rings (SSSR count). The molecule has 1 fully saturated rings. The molecule has 1 aromatic rings. The molecule has 5 heteroatoms. The molecule has 0 saturated carbocycles. The standard InChI is InChI=1S/C14H22N4O/c1-3-17(4-2)12-6-8-18(10-12)14(19)13-9-11(15)5-7-16-13/h5,7,9,12H,3-4,6,8,10H2,1-2H3,(H2,15,16). The van der Waals surface area contributed by atoms with Gasteiger partial charge >= 0.3 is 0 Å². The zero-order valence-corrected chi connectivity index (χ0v) is 11.7. The number of carbonyl (C=O) groups excluding carboxylic acids is 1. The molecule has 0 radical (unpaired) electrons. The van der Waals surface area contributed by atoms with Crippen LogP contribution in [-0.4, -0.2) is 52.9 Å². The van der Waals surface area contributed by atoms with Gasteiger partial charge in [-0.1, -0.05) is 13.8 Å². The van der Waals surface area contributed by atoms with Gasteiger partial charge in [0, 0.05) is 31.0 Å². The van der Waals surface area contributed by atoms with Crippen LogP contribution in [-0.2, 0) is 0 Å². The Hall–Kier alpha value is -1.62. The first kappa shape index (κ1) is 13.8. The molecule has 0 spiro atoms. The van der Waals surface area contributed by atoms with Crippen LogP contribution in [0.2, 0.25) is 0 Å². The van der Waals surface area contributed by atoms with E-state index in [4.69, 9.17) is 5.73 Å². The van der Waals surface area contributed by atoms with Crippen molar-refractivity contribution < 1.29 is 4.79 Å². The second-order valence-electron chi connectivity index (χ2n) is 4.89. The minimum absolute atomic E-state index is 0.0121. The molecule has 1 unspecified atom stereocenters. The first-order valence-electron chi connectivity index (χ1n) is 6.90. The number of nitrogens with two attached hydrogens (primary N) is 1. The summed E-state index contributed by atoms with van der Waals surface area (Å²) in [4.78, 5) is 20.7. The van der Waals surface area contributed by atoms with E-state index in [0.717, 1.165) is 32.6 Å². The third-order valence-electron chi connectivity index (χ3n) is 3.78. The lowest BCUT2D eigenvalue weighted by molar-refractivity contribution is 0.0772. The second kappa shape index (κ2) is 6.02. The van der Waals surface area contributed by atoms with Gasteiger partial charge in [-0.25, -0.2) is 0 Å². The summed E-state index contributed by atoms with van der Waals surface area (Å²) in [5.74, 6) is -0.0121. The average molecular weight is 262 g/mol. The summed E-state index contributed by atoms with van der Waals surface area (Å²) in [5.41, 5.74) is 6.72. The number of nitrogens with zero attached hydrogens (tertiary/aromatic N) is 3. The van der Waals surface area contributed by atoms with E-state index in [-0.39, 0.29) is 5.91 Å². The summed E-state index contributed by atoms with van der Waals surface area (Å²) in [6.45, 7) is 7.97. The fourth-order valence-corrected chi connectivity index (χ4v) is 2.69. The molecule has 1 atom stereocenters. The number of aromatic nitrogens is 1. The Morgan fingerprint density at radius 2 is 2.26 bits per heavy atom. The number of amides is 1. The highest BCUT2D eigenvalue weighted by atomic mass is 16.2. The Morgan fingerprint density at radius 1 is 1.53 bits per heavy atom. The SMILES string of the molecule is CCN(CC)C1CCN(C(=O)c2cc(N)ccn2)C1. The van der Waals surface area contributed by atoms with Gasteiger partial charge in [-0.05, 0) is 31.6 Å². The predicted octanol–water partition coefficient (Wildman–Crippen LogP) is 1.22. The Morgan fingerprint density at radius 3 is 2.89 bits per heavy atom. The Bertz CT molecular complexity index is 445. The van der Waals surface area contributed by atoms with Crippen molar-refractivity contribution in [1.82, 2.24) is 14.8 Å². The van der Waals surface area contributed by atoms with Crippen LogP contribution in [0.1, 0.15) is 30.8 Å². The van der Waals surface area contributed by atoms with E-state index in [1.165, 1.54) is 0 Å². The average Bonchev–Trinajstić information content (AvgIpc) is 2.89. The highest BCUT2D eigenvalue weighted by molar-refractivity contribution is 5.93. The largest absolute Gasteiger partial charge is 0.399 e. The molecule has 0 aliphatic carbocycles. The molecule has 1 aromatic heterocycles. The summed E-state index contributed by atoms with van der Waals surface area (Å²) < 4.78 is 0. The minimum Gasteiger partial charge on any atom is -0.399 e. The van der Waals surface area contributed by atoms with Crippen LogP contribution in [0.15, 0.2) is 18.3 Å². The molecule has 1 amide bonds. The predicted molar refractivity (Wildman–Crippen MR) is 75.9 cm³/mol. The normalized spacial score (nSPS) is 19.1. The summed E-state index contributed by atoms with van der Waals surface area (Å²) in [7, 11) is 0. The monoisotopic (exact) mass is 262 g/mol. The van der Waals surface area contributed by atoms with E-state index < -0.39 is 0 Å². The lowest BCUT2D eigenvalue weighted by Crippen LogP contribution is -2.38. The van der Waals surface area contributed by atoms with Crippen molar-refractivity contribution in [3.05, 3.63) is 24.0 Å². The summed E-state index contributed by atoms with van der Waals surface area (Å²) in [6.07, 6.45) is 2.62. The van der Waals surface area contributed by atoms with Crippen LogP contribution in [0.5, 0.6) is 0 Å². The smallest absolute Gasteiger partial charge is 0.272 e. The van der Waals surface area contributed by atoms with Crippen LogP contribution >= 0.6 is 0 Å². The third-order valence-corrected chi connectivity index (χ3v) is 3.78. The molecular formula is C14H22N4O. The van der Waals surface area contributed by atoms with Crippen LogP contribution in [0.4, 0.5) is 5.69 Å². The number of pyridine rings is 1. The molecule has 2 heterocycles. The van der Waals surface area contributed by atoms with Gasteiger partial charge in [0.25, 0.3) is 5.91 Å². The van der Waals surface area contributed by atoms with Crippen LogP contribution in [0.25, 0.3) is 0 Å². The fraction of sp³-hybridized carbons (Fsp3) is 0.571. The van der Waals surface area contributed by atoms with Crippen LogP contribution in [0, 0.1) is 0 Å².